The zero-order chi connectivity index (χ0) is 10.5. The van der Waals surface area contributed by atoms with Crippen molar-refractivity contribution >= 4 is 10.9 Å². The zero-order valence-corrected chi connectivity index (χ0v) is 8.70. The minimum Gasteiger partial charge on any atom is -0.392 e. The summed E-state index contributed by atoms with van der Waals surface area (Å²) in [6.07, 6.45) is 1.80. The number of aliphatic hydroxyl groups excluding tert-OH is 1. The fourth-order valence-corrected chi connectivity index (χ4v) is 2.35. The van der Waals surface area contributed by atoms with E-state index in [-0.39, 0.29) is 11.5 Å². The van der Waals surface area contributed by atoms with E-state index >= 15 is 0 Å². The zero-order valence-electron chi connectivity index (χ0n) is 8.70. The van der Waals surface area contributed by atoms with Crippen molar-refractivity contribution in [1.82, 2.24) is 10.2 Å². The molecule has 1 fully saturated rings. The summed E-state index contributed by atoms with van der Waals surface area (Å²) in [5.41, 5.74) is 2.03. The van der Waals surface area contributed by atoms with Gasteiger partial charge in [0.2, 0.25) is 0 Å². The smallest absolute Gasteiger partial charge is 0.0923 e. The number of aromatic nitrogens is 2. The maximum Gasteiger partial charge on any atom is 0.0923 e. The Morgan fingerprint density at radius 3 is 2.80 bits per heavy atom. The van der Waals surface area contributed by atoms with Crippen molar-refractivity contribution in [3.05, 3.63) is 30.0 Å². The van der Waals surface area contributed by atoms with E-state index in [0.717, 1.165) is 29.4 Å². The van der Waals surface area contributed by atoms with Gasteiger partial charge < -0.3 is 5.11 Å². The predicted molar refractivity (Wildman–Crippen MR) is 58.7 cm³/mol. The number of fused-ring (bicyclic) bond motifs is 1. The highest BCUT2D eigenvalue weighted by atomic mass is 16.3. The third kappa shape index (κ3) is 1.13. The maximum atomic E-state index is 9.83. The molecule has 3 rings (SSSR count). The van der Waals surface area contributed by atoms with Crippen LogP contribution in [0.25, 0.3) is 10.9 Å². The topological polar surface area (TPSA) is 48.9 Å². The number of nitrogens with zero attached hydrogens (tertiary/aromatic N) is 1. The van der Waals surface area contributed by atoms with E-state index in [1.165, 1.54) is 0 Å². The van der Waals surface area contributed by atoms with Crippen LogP contribution in [0.4, 0.5) is 0 Å². The molecule has 0 bridgehead atoms. The number of rotatable bonds is 2. The average Bonchev–Trinajstić information content (AvgIpc) is 2.93. The minimum atomic E-state index is -0.304. The van der Waals surface area contributed by atoms with Gasteiger partial charge in [0.15, 0.2) is 0 Å². The summed E-state index contributed by atoms with van der Waals surface area (Å²) in [5.74, 6) is 0. The van der Waals surface area contributed by atoms with Crippen LogP contribution in [0, 0.1) is 0 Å². The molecule has 2 aromatic rings. The van der Waals surface area contributed by atoms with Crippen molar-refractivity contribution in [2.24, 2.45) is 0 Å². The van der Waals surface area contributed by atoms with Gasteiger partial charge >= 0.3 is 0 Å². The van der Waals surface area contributed by atoms with Crippen LogP contribution >= 0.6 is 0 Å². The summed E-state index contributed by atoms with van der Waals surface area (Å²) < 4.78 is 0. The fraction of sp³-hybridized carbons (Fsp3) is 0.417. The van der Waals surface area contributed by atoms with Crippen molar-refractivity contribution < 1.29 is 5.11 Å². The predicted octanol–water partition coefficient (Wildman–Crippen LogP) is 1.98. The van der Waals surface area contributed by atoms with Gasteiger partial charge in [-0.1, -0.05) is 18.2 Å². The lowest BCUT2D eigenvalue weighted by Crippen LogP contribution is -2.23. The summed E-state index contributed by atoms with van der Waals surface area (Å²) in [7, 11) is 0. The Bertz CT molecular complexity index is 497. The molecule has 0 saturated heterocycles. The Balaban J connectivity index is 2.20. The molecule has 3 nitrogen and oxygen atoms in total. The highest BCUT2D eigenvalue weighted by molar-refractivity contribution is 5.82. The van der Waals surface area contributed by atoms with Gasteiger partial charge in [-0.05, 0) is 25.8 Å². The number of benzene rings is 1. The van der Waals surface area contributed by atoms with Crippen LogP contribution in [-0.4, -0.2) is 21.4 Å². The van der Waals surface area contributed by atoms with E-state index in [1.807, 2.05) is 25.1 Å². The normalized spacial score (nSPS) is 20.4. The van der Waals surface area contributed by atoms with Crippen LogP contribution in [0.5, 0.6) is 0 Å². The van der Waals surface area contributed by atoms with Crippen molar-refractivity contribution in [3.8, 4) is 0 Å². The molecular formula is C12H14N2O. The first-order chi connectivity index (χ1) is 7.24. The average molecular weight is 202 g/mol. The molecule has 0 aliphatic heterocycles. The van der Waals surface area contributed by atoms with E-state index < -0.39 is 0 Å². The quantitative estimate of drug-likeness (QED) is 0.782. The number of H-pyrrole nitrogens is 1. The standard InChI is InChI=1S/C12H14N2O/c1-8(15)12(6-7-12)11-9-4-2-3-5-10(9)13-14-11/h2-5,8,15H,6-7H2,1H3,(H,13,14). The van der Waals surface area contributed by atoms with Crippen molar-refractivity contribution in [2.75, 3.05) is 0 Å². The molecule has 1 heterocycles. The molecule has 1 aliphatic rings. The lowest BCUT2D eigenvalue weighted by Gasteiger charge is -2.16. The first kappa shape index (κ1) is 8.92. The van der Waals surface area contributed by atoms with Gasteiger partial charge in [0.25, 0.3) is 0 Å². The highest BCUT2D eigenvalue weighted by Gasteiger charge is 2.50. The molecule has 0 radical (unpaired) electrons. The van der Waals surface area contributed by atoms with Crippen molar-refractivity contribution in [3.63, 3.8) is 0 Å². The molecule has 1 unspecified atom stereocenters. The van der Waals surface area contributed by atoms with Crippen LogP contribution in [-0.2, 0) is 5.41 Å². The number of aliphatic hydroxyl groups is 1. The highest BCUT2D eigenvalue weighted by Crippen LogP contribution is 2.51. The van der Waals surface area contributed by atoms with Crippen LogP contribution in [0.1, 0.15) is 25.5 Å². The monoisotopic (exact) mass is 202 g/mol. The first-order valence-electron chi connectivity index (χ1n) is 5.36. The second-order valence-corrected chi connectivity index (χ2v) is 4.45. The van der Waals surface area contributed by atoms with E-state index in [4.69, 9.17) is 0 Å². The molecule has 1 aromatic heterocycles. The largest absolute Gasteiger partial charge is 0.392 e. The first-order valence-corrected chi connectivity index (χ1v) is 5.36. The van der Waals surface area contributed by atoms with Crippen LogP contribution in [0.3, 0.4) is 0 Å². The maximum absolute atomic E-state index is 9.83. The van der Waals surface area contributed by atoms with Gasteiger partial charge in [-0.25, -0.2) is 0 Å². The third-order valence-corrected chi connectivity index (χ3v) is 3.55. The molecule has 78 valence electrons. The molecule has 0 amide bonds. The van der Waals surface area contributed by atoms with E-state index in [9.17, 15) is 5.11 Å². The second-order valence-electron chi connectivity index (χ2n) is 4.45. The van der Waals surface area contributed by atoms with E-state index in [0.29, 0.717) is 0 Å². The number of nitrogens with one attached hydrogen (secondary N) is 1. The summed E-state index contributed by atoms with van der Waals surface area (Å²) in [4.78, 5) is 0. The summed E-state index contributed by atoms with van der Waals surface area (Å²) in [5, 5.41) is 18.3. The van der Waals surface area contributed by atoms with Crippen LogP contribution in [0.15, 0.2) is 24.3 Å². The lowest BCUT2D eigenvalue weighted by atomic mass is 9.94. The van der Waals surface area contributed by atoms with Crippen LogP contribution < -0.4 is 0 Å². The van der Waals surface area contributed by atoms with Gasteiger partial charge in [-0.15, -0.1) is 0 Å². The molecular weight excluding hydrogens is 188 g/mol. The molecule has 0 spiro atoms. The third-order valence-electron chi connectivity index (χ3n) is 3.55. The number of hydrogen-bond acceptors (Lipinski definition) is 2. The molecule has 1 saturated carbocycles. The Hall–Kier alpha value is -1.35. The number of hydrogen-bond donors (Lipinski definition) is 2. The van der Waals surface area contributed by atoms with E-state index in [2.05, 4.69) is 16.3 Å². The minimum absolute atomic E-state index is 0.0594. The van der Waals surface area contributed by atoms with Crippen molar-refractivity contribution in [2.45, 2.75) is 31.3 Å². The molecule has 1 aliphatic carbocycles. The summed E-state index contributed by atoms with van der Waals surface area (Å²) in [6, 6.07) is 8.05. The Morgan fingerprint density at radius 2 is 2.13 bits per heavy atom. The van der Waals surface area contributed by atoms with Crippen LogP contribution in [0.2, 0.25) is 0 Å². The Morgan fingerprint density at radius 1 is 1.40 bits per heavy atom. The molecule has 1 aromatic carbocycles. The molecule has 3 heteroatoms. The van der Waals surface area contributed by atoms with Gasteiger partial charge in [-0.2, -0.15) is 5.10 Å². The molecule has 2 N–H and O–H groups in total. The van der Waals surface area contributed by atoms with Gasteiger partial charge in [-0.3, -0.25) is 5.10 Å². The van der Waals surface area contributed by atoms with Gasteiger partial charge in [0.05, 0.1) is 17.3 Å². The fourth-order valence-electron chi connectivity index (χ4n) is 2.35. The second kappa shape index (κ2) is 2.83. The van der Waals surface area contributed by atoms with E-state index in [1.54, 1.807) is 0 Å². The summed E-state index contributed by atoms with van der Waals surface area (Å²) >= 11 is 0. The van der Waals surface area contributed by atoms with Gasteiger partial charge in [0.1, 0.15) is 0 Å². The number of para-hydroxylation sites is 1. The Kier molecular flexibility index (Phi) is 1.68. The summed E-state index contributed by atoms with van der Waals surface area (Å²) in [6.45, 7) is 1.86. The molecule has 15 heavy (non-hydrogen) atoms. The number of aromatic amines is 1. The molecule has 1 atom stereocenters. The lowest BCUT2D eigenvalue weighted by molar-refractivity contribution is 0.149. The van der Waals surface area contributed by atoms with Crippen molar-refractivity contribution in [1.29, 1.82) is 0 Å². The SMILES string of the molecule is CC(O)C1(c2[nH]nc3ccccc23)CC1. The van der Waals surface area contributed by atoms with Gasteiger partial charge in [0, 0.05) is 10.8 Å². The Labute approximate surface area is 88.1 Å².